The van der Waals surface area contributed by atoms with Crippen molar-refractivity contribution in [2.75, 3.05) is 11.9 Å². The highest BCUT2D eigenvalue weighted by Crippen LogP contribution is 2.35. The number of rotatable bonds is 11. The maximum atomic E-state index is 12.7. The van der Waals surface area contributed by atoms with Crippen LogP contribution in [0.5, 0.6) is 0 Å². The molecule has 0 bridgehead atoms. The highest BCUT2D eigenvalue weighted by atomic mass is 16.5. The fourth-order valence-electron chi connectivity index (χ4n) is 4.09. The van der Waals surface area contributed by atoms with Gasteiger partial charge < -0.3 is 15.4 Å². The minimum Gasteiger partial charge on any atom is -0.460 e. The minimum absolute atomic E-state index is 0.0341. The van der Waals surface area contributed by atoms with Gasteiger partial charge in [-0.15, -0.1) is 0 Å². The molecule has 1 heterocycles. The van der Waals surface area contributed by atoms with E-state index in [2.05, 4.69) is 10.6 Å². The summed E-state index contributed by atoms with van der Waals surface area (Å²) >= 11 is 0. The van der Waals surface area contributed by atoms with Crippen molar-refractivity contribution in [3.8, 4) is 0 Å². The molecule has 3 atom stereocenters. The third-order valence-corrected chi connectivity index (χ3v) is 6.87. The smallest absolute Gasteiger partial charge is 0.311 e. The number of nitrogens with zero attached hydrogens (tertiary/aromatic N) is 1. The Morgan fingerprint density at radius 3 is 2.12 bits per heavy atom. The maximum absolute atomic E-state index is 12.7. The summed E-state index contributed by atoms with van der Waals surface area (Å²) in [5, 5.41) is 5.36. The Labute approximate surface area is 236 Å². The van der Waals surface area contributed by atoms with Crippen LogP contribution in [-0.2, 0) is 40.1 Å². The van der Waals surface area contributed by atoms with E-state index < -0.39 is 29.2 Å². The van der Waals surface area contributed by atoms with Crippen molar-refractivity contribution < 1.29 is 33.5 Å². The van der Waals surface area contributed by atoms with Crippen molar-refractivity contribution in [2.24, 2.45) is 22.7 Å². The van der Waals surface area contributed by atoms with E-state index in [9.17, 15) is 28.8 Å². The van der Waals surface area contributed by atoms with Crippen molar-refractivity contribution >= 4 is 41.1 Å². The Morgan fingerprint density at radius 2 is 1.60 bits per heavy atom. The van der Waals surface area contributed by atoms with Crippen molar-refractivity contribution in [1.29, 1.82) is 0 Å². The molecule has 1 aliphatic rings. The van der Waals surface area contributed by atoms with Gasteiger partial charge in [0.2, 0.25) is 23.6 Å². The molecule has 0 saturated carbocycles. The quantitative estimate of drug-likeness (QED) is 0.313. The summed E-state index contributed by atoms with van der Waals surface area (Å²) in [6, 6.07) is 6.03. The monoisotopic (exact) mass is 557 g/mol. The molecule has 1 saturated heterocycles. The van der Waals surface area contributed by atoms with Gasteiger partial charge in [0.15, 0.2) is 5.78 Å². The van der Waals surface area contributed by atoms with Crippen LogP contribution in [-0.4, -0.2) is 52.9 Å². The Hall–Kier alpha value is -3.56. The Bertz CT molecular complexity index is 1130. The van der Waals surface area contributed by atoms with Crippen LogP contribution in [0, 0.1) is 22.7 Å². The molecule has 220 valence electrons. The molecule has 1 unspecified atom stereocenters. The first-order valence-corrected chi connectivity index (χ1v) is 13.6. The molecular weight excluding hydrogens is 514 g/mol. The number of hydrogen-bond donors (Lipinski definition) is 2. The number of esters is 1. The van der Waals surface area contributed by atoms with E-state index in [1.807, 2.05) is 20.8 Å². The number of benzene rings is 1. The molecule has 1 aliphatic heterocycles. The zero-order chi connectivity index (χ0) is 30.4. The summed E-state index contributed by atoms with van der Waals surface area (Å²) in [6.45, 7) is 14.3. The largest absolute Gasteiger partial charge is 0.460 e. The highest BCUT2D eigenvalue weighted by molar-refractivity contribution is 6.04. The minimum atomic E-state index is -0.829. The van der Waals surface area contributed by atoms with Crippen molar-refractivity contribution in [3.63, 3.8) is 0 Å². The molecule has 2 rings (SSSR count). The molecule has 1 fully saturated rings. The van der Waals surface area contributed by atoms with Crippen LogP contribution in [0.15, 0.2) is 24.3 Å². The number of amides is 4. The van der Waals surface area contributed by atoms with Crippen LogP contribution in [0.25, 0.3) is 0 Å². The fraction of sp³-hybridized carbons (Fsp3) is 0.600. The normalized spacial score (nSPS) is 17.3. The van der Waals surface area contributed by atoms with Crippen LogP contribution in [0.2, 0.25) is 0 Å². The molecule has 0 aliphatic carbocycles. The Kier molecular flexibility index (Phi) is 10.8. The van der Waals surface area contributed by atoms with Gasteiger partial charge in [-0.2, -0.15) is 0 Å². The lowest BCUT2D eigenvalue weighted by Crippen LogP contribution is -2.42. The molecule has 10 nitrogen and oxygen atoms in total. The SMILES string of the molecule is C[C@H](CC(=O)[C@H](C)NC(=O)CCN1C(=O)CC(C(C)(C)C)C1=O)C(=O)Nc1ccc(COC(=O)C(C)(C)C)cc1. The molecule has 0 radical (unpaired) electrons. The first kappa shape index (κ1) is 32.7. The summed E-state index contributed by atoms with van der Waals surface area (Å²) in [5.41, 5.74) is 0.374. The van der Waals surface area contributed by atoms with Gasteiger partial charge in [0.05, 0.1) is 17.4 Å². The van der Waals surface area contributed by atoms with E-state index in [1.165, 1.54) is 6.92 Å². The first-order chi connectivity index (χ1) is 18.4. The topological polar surface area (TPSA) is 139 Å². The predicted molar refractivity (Wildman–Crippen MR) is 150 cm³/mol. The van der Waals surface area contributed by atoms with E-state index in [4.69, 9.17) is 4.74 Å². The predicted octanol–water partition coefficient (Wildman–Crippen LogP) is 3.63. The van der Waals surface area contributed by atoms with Crippen molar-refractivity contribution in [1.82, 2.24) is 10.2 Å². The average molecular weight is 558 g/mol. The van der Waals surface area contributed by atoms with Gasteiger partial charge in [-0.1, -0.05) is 39.8 Å². The third-order valence-electron chi connectivity index (χ3n) is 6.87. The zero-order valence-corrected chi connectivity index (χ0v) is 24.9. The van der Waals surface area contributed by atoms with Gasteiger partial charge in [-0.3, -0.25) is 33.7 Å². The number of carbonyl (C=O) groups is 6. The lowest BCUT2D eigenvalue weighted by atomic mass is 9.80. The van der Waals surface area contributed by atoms with Crippen LogP contribution >= 0.6 is 0 Å². The third kappa shape index (κ3) is 9.27. The summed E-state index contributed by atoms with van der Waals surface area (Å²) in [5.74, 6) is -3.04. The number of Topliss-reactive ketones (excluding diaryl/α,β-unsaturated/α-hetero) is 1. The van der Waals surface area contributed by atoms with Crippen LogP contribution in [0.3, 0.4) is 0 Å². The number of imide groups is 1. The molecule has 1 aromatic rings. The van der Waals surface area contributed by atoms with E-state index in [0.29, 0.717) is 5.69 Å². The van der Waals surface area contributed by atoms with Crippen molar-refractivity contribution in [2.45, 2.75) is 87.3 Å². The zero-order valence-electron chi connectivity index (χ0n) is 24.9. The number of ketones is 1. The van der Waals surface area contributed by atoms with E-state index in [1.54, 1.807) is 52.0 Å². The molecule has 10 heteroatoms. The lowest BCUT2D eigenvalue weighted by Gasteiger charge is -2.24. The van der Waals surface area contributed by atoms with Crippen molar-refractivity contribution in [3.05, 3.63) is 29.8 Å². The van der Waals surface area contributed by atoms with Gasteiger partial charge in [-0.25, -0.2) is 0 Å². The molecule has 0 aromatic heterocycles. The second kappa shape index (κ2) is 13.2. The molecule has 40 heavy (non-hydrogen) atoms. The van der Waals surface area contributed by atoms with Gasteiger partial charge >= 0.3 is 5.97 Å². The second-order valence-corrected chi connectivity index (χ2v) is 12.6. The lowest BCUT2D eigenvalue weighted by molar-refractivity contribution is -0.154. The van der Waals surface area contributed by atoms with Crippen LogP contribution in [0.4, 0.5) is 5.69 Å². The van der Waals surface area contributed by atoms with Gasteiger partial charge in [-0.05, 0) is 50.8 Å². The fourth-order valence-corrected chi connectivity index (χ4v) is 4.09. The number of likely N-dealkylation sites (tertiary alicyclic amines) is 1. The van der Waals surface area contributed by atoms with E-state index >= 15 is 0 Å². The molecular formula is C30H43N3O7. The van der Waals surface area contributed by atoms with Crippen LogP contribution in [0.1, 0.15) is 80.2 Å². The van der Waals surface area contributed by atoms with Gasteiger partial charge in [0.1, 0.15) is 6.61 Å². The number of hydrogen-bond acceptors (Lipinski definition) is 7. The van der Waals surface area contributed by atoms with E-state index in [-0.39, 0.29) is 67.3 Å². The number of carbonyl (C=O) groups excluding carboxylic acids is 6. The Balaban J connectivity index is 1.78. The summed E-state index contributed by atoms with van der Waals surface area (Å²) in [6.07, 6.45) is -0.0479. The van der Waals surface area contributed by atoms with E-state index in [0.717, 1.165) is 10.5 Å². The average Bonchev–Trinajstić information content (AvgIpc) is 3.14. The molecule has 4 amide bonds. The molecule has 1 aromatic carbocycles. The van der Waals surface area contributed by atoms with Gasteiger partial charge in [0, 0.05) is 37.4 Å². The Morgan fingerprint density at radius 1 is 1.00 bits per heavy atom. The highest BCUT2D eigenvalue weighted by Gasteiger charge is 2.44. The summed E-state index contributed by atoms with van der Waals surface area (Å²) < 4.78 is 5.29. The number of anilines is 1. The second-order valence-electron chi connectivity index (χ2n) is 12.6. The molecule has 0 spiro atoms. The van der Waals surface area contributed by atoms with Crippen LogP contribution < -0.4 is 10.6 Å². The molecule has 2 N–H and O–H groups in total. The number of ether oxygens (including phenoxy) is 1. The first-order valence-electron chi connectivity index (χ1n) is 13.6. The van der Waals surface area contributed by atoms with Gasteiger partial charge in [0.25, 0.3) is 0 Å². The standard InChI is InChI=1S/C30H43N3O7/c1-18(26(37)32-21-11-9-20(10-12-21)17-40-28(39)30(6,7)8)15-23(34)19(2)31-24(35)13-14-33-25(36)16-22(27(33)38)29(3,4)5/h9-12,18-19,22H,13-17H2,1-8H3,(H,31,35)(H,32,37)/t18-,19+,22?/m1/s1. The summed E-state index contributed by atoms with van der Waals surface area (Å²) in [4.78, 5) is 75.6. The summed E-state index contributed by atoms with van der Waals surface area (Å²) in [7, 11) is 0. The number of nitrogens with one attached hydrogen (secondary N) is 2. The maximum Gasteiger partial charge on any atom is 0.311 e.